The van der Waals surface area contributed by atoms with Gasteiger partial charge in [0.25, 0.3) is 0 Å². The SMILES string of the molecule is COc1nc(Br)ccc1NN. The average Bonchev–Trinajstić information content (AvgIpc) is 2.04. The van der Waals surface area contributed by atoms with Gasteiger partial charge in [-0.1, -0.05) is 0 Å². The summed E-state index contributed by atoms with van der Waals surface area (Å²) in [5.74, 6) is 5.66. The molecule has 0 unspecified atom stereocenters. The lowest BCUT2D eigenvalue weighted by Crippen LogP contribution is -2.08. The van der Waals surface area contributed by atoms with E-state index in [0.717, 1.165) is 0 Å². The molecule has 0 aliphatic carbocycles. The van der Waals surface area contributed by atoms with Crippen LogP contribution in [0.15, 0.2) is 16.7 Å². The zero-order valence-electron chi connectivity index (χ0n) is 5.97. The maximum atomic E-state index is 5.19. The topological polar surface area (TPSA) is 60.2 Å². The number of rotatable bonds is 2. The van der Waals surface area contributed by atoms with E-state index in [0.29, 0.717) is 16.2 Å². The number of nitrogens with zero attached hydrogens (tertiary/aromatic N) is 1. The van der Waals surface area contributed by atoms with Crippen LogP contribution < -0.4 is 16.0 Å². The molecule has 0 aromatic carbocycles. The zero-order chi connectivity index (χ0) is 8.27. The van der Waals surface area contributed by atoms with Crippen LogP contribution in [0.5, 0.6) is 5.88 Å². The van der Waals surface area contributed by atoms with E-state index < -0.39 is 0 Å². The standard InChI is InChI=1S/C6H8BrN3O/c1-11-6-4(10-8)2-3-5(7)9-6/h2-3,10H,8H2,1H3. The number of hydrogen-bond acceptors (Lipinski definition) is 4. The number of hydrogen-bond donors (Lipinski definition) is 2. The fourth-order valence-corrected chi connectivity index (χ4v) is 0.977. The van der Waals surface area contributed by atoms with Crippen molar-refractivity contribution in [3.05, 3.63) is 16.7 Å². The zero-order valence-corrected chi connectivity index (χ0v) is 7.55. The van der Waals surface area contributed by atoms with Crippen molar-refractivity contribution in [2.45, 2.75) is 0 Å². The van der Waals surface area contributed by atoms with Gasteiger partial charge < -0.3 is 10.2 Å². The number of methoxy groups -OCH3 is 1. The van der Waals surface area contributed by atoms with Crippen LogP contribution in [0.25, 0.3) is 0 Å². The predicted octanol–water partition coefficient (Wildman–Crippen LogP) is 1.14. The molecule has 0 saturated heterocycles. The first-order valence-electron chi connectivity index (χ1n) is 2.95. The maximum absolute atomic E-state index is 5.19. The molecule has 11 heavy (non-hydrogen) atoms. The van der Waals surface area contributed by atoms with E-state index in [1.54, 1.807) is 12.1 Å². The van der Waals surface area contributed by atoms with Gasteiger partial charge in [0, 0.05) is 0 Å². The third-order valence-corrected chi connectivity index (χ3v) is 1.62. The summed E-state index contributed by atoms with van der Waals surface area (Å²) in [5, 5.41) is 0. The van der Waals surface area contributed by atoms with Crippen molar-refractivity contribution >= 4 is 21.6 Å². The van der Waals surface area contributed by atoms with Gasteiger partial charge in [0.15, 0.2) is 0 Å². The number of nitrogens with two attached hydrogens (primary N) is 1. The summed E-state index contributed by atoms with van der Waals surface area (Å²) >= 11 is 3.21. The Bertz CT molecular complexity index is 254. The molecule has 5 heteroatoms. The fourth-order valence-electron chi connectivity index (χ4n) is 0.683. The summed E-state index contributed by atoms with van der Waals surface area (Å²) in [6.07, 6.45) is 0. The second-order valence-corrected chi connectivity index (χ2v) is 2.65. The Balaban J connectivity index is 3.06. The Morgan fingerprint density at radius 3 is 2.91 bits per heavy atom. The van der Waals surface area contributed by atoms with Crippen LogP contribution in [-0.4, -0.2) is 12.1 Å². The smallest absolute Gasteiger partial charge is 0.239 e. The lowest BCUT2D eigenvalue weighted by molar-refractivity contribution is 0.399. The number of ether oxygens (including phenoxy) is 1. The van der Waals surface area contributed by atoms with E-state index >= 15 is 0 Å². The van der Waals surface area contributed by atoms with Crippen molar-refractivity contribution in [1.82, 2.24) is 4.98 Å². The molecule has 3 N–H and O–H groups in total. The minimum Gasteiger partial charge on any atom is -0.479 e. The average molecular weight is 218 g/mol. The molecule has 1 heterocycles. The molecule has 0 spiro atoms. The van der Waals surface area contributed by atoms with Crippen LogP contribution in [-0.2, 0) is 0 Å². The number of halogens is 1. The summed E-state index contributed by atoms with van der Waals surface area (Å²) in [6, 6.07) is 3.55. The lowest BCUT2D eigenvalue weighted by atomic mass is 10.4. The Morgan fingerprint density at radius 1 is 1.64 bits per heavy atom. The van der Waals surface area contributed by atoms with Crippen molar-refractivity contribution in [2.75, 3.05) is 12.5 Å². The molecule has 60 valence electrons. The van der Waals surface area contributed by atoms with Crippen LogP contribution >= 0.6 is 15.9 Å². The molecule has 0 aliphatic rings. The molecule has 0 radical (unpaired) electrons. The Hall–Kier alpha value is -0.810. The third kappa shape index (κ3) is 1.81. The number of pyridine rings is 1. The van der Waals surface area contributed by atoms with E-state index in [9.17, 15) is 0 Å². The minimum atomic E-state index is 0.474. The Kier molecular flexibility index (Phi) is 2.67. The molecule has 0 bridgehead atoms. The minimum absolute atomic E-state index is 0.474. The van der Waals surface area contributed by atoms with Crippen LogP contribution in [0, 0.1) is 0 Å². The van der Waals surface area contributed by atoms with E-state index in [4.69, 9.17) is 10.6 Å². The molecule has 0 atom stereocenters. The van der Waals surface area contributed by atoms with Gasteiger partial charge >= 0.3 is 0 Å². The normalized spacial score (nSPS) is 9.36. The summed E-state index contributed by atoms with van der Waals surface area (Å²) in [6.45, 7) is 0. The molecule has 0 fully saturated rings. The van der Waals surface area contributed by atoms with Crippen LogP contribution in [0.3, 0.4) is 0 Å². The maximum Gasteiger partial charge on any atom is 0.239 e. The number of aromatic nitrogens is 1. The molecule has 0 amide bonds. The summed E-state index contributed by atoms with van der Waals surface area (Å²) < 4.78 is 5.65. The fraction of sp³-hybridized carbons (Fsp3) is 0.167. The van der Waals surface area contributed by atoms with Crippen molar-refractivity contribution < 1.29 is 4.74 Å². The van der Waals surface area contributed by atoms with Gasteiger partial charge in [-0.2, -0.15) is 0 Å². The first-order chi connectivity index (χ1) is 5.27. The first-order valence-corrected chi connectivity index (χ1v) is 3.74. The second-order valence-electron chi connectivity index (χ2n) is 1.84. The van der Waals surface area contributed by atoms with E-state index in [2.05, 4.69) is 26.3 Å². The molecule has 1 aromatic rings. The lowest BCUT2D eigenvalue weighted by Gasteiger charge is -2.05. The largest absolute Gasteiger partial charge is 0.479 e. The Labute approximate surface area is 72.9 Å². The van der Waals surface area contributed by atoms with Gasteiger partial charge in [0.05, 0.1) is 7.11 Å². The van der Waals surface area contributed by atoms with Crippen LogP contribution in [0.1, 0.15) is 0 Å². The van der Waals surface area contributed by atoms with Gasteiger partial charge in [-0.15, -0.1) is 0 Å². The van der Waals surface area contributed by atoms with Crippen molar-refractivity contribution in [2.24, 2.45) is 5.84 Å². The van der Waals surface area contributed by atoms with Crippen molar-refractivity contribution in [3.8, 4) is 5.88 Å². The number of nitrogen functional groups attached to an aromatic ring is 1. The summed E-state index contributed by atoms with van der Waals surface area (Å²) in [4.78, 5) is 4.01. The summed E-state index contributed by atoms with van der Waals surface area (Å²) in [5.41, 5.74) is 3.13. The van der Waals surface area contributed by atoms with Gasteiger partial charge in [-0.25, -0.2) is 4.98 Å². The molecule has 0 saturated carbocycles. The molecular weight excluding hydrogens is 210 g/mol. The number of anilines is 1. The van der Waals surface area contributed by atoms with Gasteiger partial charge in [-0.3, -0.25) is 5.84 Å². The molecule has 1 rings (SSSR count). The number of hydrazine groups is 1. The predicted molar refractivity (Wildman–Crippen MR) is 46.3 cm³/mol. The highest BCUT2D eigenvalue weighted by atomic mass is 79.9. The molecule has 4 nitrogen and oxygen atoms in total. The monoisotopic (exact) mass is 217 g/mol. The third-order valence-electron chi connectivity index (χ3n) is 1.18. The van der Waals surface area contributed by atoms with E-state index in [-0.39, 0.29) is 0 Å². The highest BCUT2D eigenvalue weighted by Crippen LogP contribution is 2.22. The van der Waals surface area contributed by atoms with E-state index in [1.807, 2.05) is 0 Å². The summed E-state index contributed by atoms with van der Waals surface area (Å²) in [7, 11) is 1.54. The first kappa shape index (κ1) is 8.29. The molecule has 1 aromatic heterocycles. The van der Waals surface area contributed by atoms with Crippen molar-refractivity contribution in [1.29, 1.82) is 0 Å². The highest BCUT2D eigenvalue weighted by molar-refractivity contribution is 9.10. The highest BCUT2D eigenvalue weighted by Gasteiger charge is 2.01. The van der Waals surface area contributed by atoms with Crippen LogP contribution in [0.4, 0.5) is 5.69 Å². The number of nitrogens with one attached hydrogen (secondary N) is 1. The second kappa shape index (κ2) is 3.54. The van der Waals surface area contributed by atoms with Gasteiger partial charge in [-0.05, 0) is 28.1 Å². The quantitative estimate of drug-likeness (QED) is 0.444. The van der Waals surface area contributed by atoms with E-state index in [1.165, 1.54) is 7.11 Å². The Morgan fingerprint density at radius 2 is 2.36 bits per heavy atom. The van der Waals surface area contributed by atoms with Gasteiger partial charge in [0.1, 0.15) is 10.3 Å². The molecule has 0 aliphatic heterocycles. The van der Waals surface area contributed by atoms with Gasteiger partial charge in [0.2, 0.25) is 5.88 Å². The van der Waals surface area contributed by atoms with Crippen molar-refractivity contribution in [3.63, 3.8) is 0 Å². The molecular formula is C6H8BrN3O. The van der Waals surface area contributed by atoms with Crippen LogP contribution in [0.2, 0.25) is 0 Å².